The molecule has 0 aromatic carbocycles. The summed E-state index contributed by atoms with van der Waals surface area (Å²) in [5.41, 5.74) is -0.0881. The fraction of sp³-hybridized carbons (Fsp3) is 1.00. The Bertz CT molecular complexity index is 141. The molecule has 0 heterocycles. The summed E-state index contributed by atoms with van der Waals surface area (Å²) in [5, 5.41) is 0. The Balaban J connectivity index is 4.01. The first-order valence-corrected chi connectivity index (χ1v) is 5.59. The Morgan fingerprint density at radius 1 is 1.30 bits per heavy atom. The third-order valence-electron chi connectivity index (χ3n) is 1.43. The molecule has 1 N–H and O–H groups in total. The minimum absolute atomic E-state index is 0.0881. The fourth-order valence-corrected chi connectivity index (χ4v) is 2.20. The minimum Gasteiger partial charge on any atom is -0.344 e. The van der Waals surface area contributed by atoms with Gasteiger partial charge in [0, 0.05) is 11.8 Å². The van der Waals surface area contributed by atoms with E-state index < -0.39 is 7.37 Å². The van der Waals surface area contributed by atoms with Crippen LogP contribution in [0.25, 0.3) is 0 Å². The van der Waals surface area contributed by atoms with Gasteiger partial charge in [0.15, 0.2) is 0 Å². The summed E-state index contributed by atoms with van der Waals surface area (Å²) in [4.78, 5) is 9.32. The Labute approximate surface area is 63.1 Å². The molecule has 0 amide bonds. The maximum absolute atomic E-state index is 11.3. The summed E-state index contributed by atoms with van der Waals surface area (Å²) >= 11 is 0. The van der Waals surface area contributed by atoms with Crippen LogP contribution in [0, 0.1) is 5.92 Å². The van der Waals surface area contributed by atoms with Gasteiger partial charge in [-0.25, -0.2) is 0 Å². The normalized spacial score (nSPS) is 17.9. The average Bonchev–Trinajstić information content (AvgIpc) is 1.60. The van der Waals surface area contributed by atoms with Crippen molar-refractivity contribution in [3.63, 3.8) is 0 Å². The molecule has 2 nitrogen and oxygen atoms in total. The van der Waals surface area contributed by atoms with Gasteiger partial charge in [-0.05, 0) is 5.92 Å². The van der Waals surface area contributed by atoms with E-state index in [1.54, 1.807) is 13.8 Å². The van der Waals surface area contributed by atoms with Gasteiger partial charge in [-0.15, -0.1) is 0 Å². The number of rotatable bonds is 3. The smallest absolute Gasteiger partial charge is 0.203 e. The lowest BCUT2D eigenvalue weighted by Gasteiger charge is -2.16. The fourth-order valence-electron chi connectivity index (χ4n) is 0.734. The average molecular weight is 164 g/mol. The zero-order chi connectivity index (χ0) is 8.36. The van der Waals surface area contributed by atoms with Gasteiger partial charge in [-0.2, -0.15) is 0 Å². The van der Waals surface area contributed by atoms with Gasteiger partial charge in [0.25, 0.3) is 0 Å². The second-order valence-corrected chi connectivity index (χ2v) is 6.33. The SMILES string of the molecule is CC(C)CP(=O)(O)C(C)C. The maximum Gasteiger partial charge on any atom is 0.203 e. The van der Waals surface area contributed by atoms with Crippen molar-refractivity contribution in [1.29, 1.82) is 0 Å². The largest absolute Gasteiger partial charge is 0.344 e. The highest BCUT2D eigenvalue weighted by Crippen LogP contribution is 2.47. The quantitative estimate of drug-likeness (QED) is 0.650. The molecule has 0 bridgehead atoms. The molecule has 1 atom stereocenters. The summed E-state index contributed by atoms with van der Waals surface area (Å²) in [7, 11) is -2.82. The Morgan fingerprint density at radius 2 is 1.70 bits per heavy atom. The molecule has 0 saturated carbocycles. The summed E-state index contributed by atoms with van der Waals surface area (Å²) in [6.07, 6.45) is 0.449. The third-order valence-corrected chi connectivity index (χ3v) is 4.30. The zero-order valence-corrected chi connectivity index (χ0v) is 8.06. The third kappa shape index (κ3) is 3.38. The van der Waals surface area contributed by atoms with E-state index in [2.05, 4.69) is 0 Å². The molecule has 0 saturated heterocycles. The maximum atomic E-state index is 11.3. The van der Waals surface area contributed by atoms with E-state index in [1.165, 1.54) is 0 Å². The molecular weight excluding hydrogens is 147 g/mol. The Kier molecular flexibility index (Phi) is 3.61. The van der Waals surface area contributed by atoms with Crippen molar-refractivity contribution >= 4 is 7.37 Å². The van der Waals surface area contributed by atoms with Gasteiger partial charge in [-0.3, -0.25) is 4.57 Å². The van der Waals surface area contributed by atoms with Crippen molar-refractivity contribution in [2.75, 3.05) is 6.16 Å². The molecule has 0 spiro atoms. The molecule has 0 aromatic rings. The standard InChI is InChI=1S/C7H17O2P/c1-6(2)5-10(8,9)7(3)4/h6-7H,5H2,1-4H3,(H,8,9). The van der Waals surface area contributed by atoms with E-state index in [1.807, 2.05) is 13.8 Å². The molecule has 0 fully saturated rings. The van der Waals surface area contributed by atoms with Gasteiger partial charge in [0.2, 0.25) is 7.37 Å². The molecule has 1 unspecified atom stereocenters. The Hall–Kier alpha value is 0.190. The van der Waals surface area contributed by atoms with E-state index >= 15 is 0 Å². The van der Waals surface area contributed by atoms with Crippen LogP contribution in [0.5, 0.6) is 0 Å². The van der Waals surface area contributed by atoms with Gasteiger partial charge >= 0.3 is 0 Å². The Morgan fingerprint density at radius 3 is 1.80 bits per heavy atom. The first kappa shape index (κ1) is 10.2. The van der Waals surface area contributed by atoms with Crippen LogP contribution < -0.4 is 0 Å². The lowest BCUT2D eigenvalue weighted by molar-refractivity contribution is 0.459. The molecular formula is C7H17O2P. The molecule has 10 heavy (non-hydrogen) atoms. The van der Waals surface area contributed by atoms with Crippen LogP contribution in [0.3, 0.4) is 0 Å². The summed E-state index contributed by atoms with van der Waals surface area (Å²) < 4.78 is 11.3. The number of hydrogen-bond acceptors (Lipinski definition) is 1. The summed E-state index contributed by atoms with van der Waals surface area (Å²) in [6, 6.07) is 0. The van der Waals surface area contributed by atoms with Gasteiger partial charge in [0.05, 0.1) is 0 Å². The van der Waals surface area contributed by atoms with E-state index in [0.29, 0.717) is 12.1 Å². The highest BCUT2D eigenvalue weighted by atomic mass is 31.2. The van der Waals surface area contributed by atoms with E-state index in [4.69, 9.17) is 0 Å². The molecule has 62 valence electrons. The molecule has 0 aliphatic carbocycles. The molecule has 0 rings (SSSR count). The monoisotopic (exact) mass is 164 g/mol. The van der Waals surface area contributed by atoms with Crippen molar-refractivity contribution < 1.29 is 9.46 Å². The van der Waals surface area contributed by atoms with Gasteiger partial charge < -0.3 is 4.89 Å². The highest BCUT2D eigenvalue weighted by Gasteiger charge is 2.23. The predicted molar refractivity (Wildman–Crippen MR) is 44.7 cm³/mol. The first-order chi connectivity index (χ1) is 4.36. The van der Waals surface area contributed by atoms with Crippen LogP contribution in [0.2, 0.25) is 0 Å². The van der Waals surface area contributed by atoms with E-state index in [0.717, 1.165) is 0 Å². The topological polar surface area (TPSA) is 37.3 Å². The van der Waals surface area contributed by atoms with E-state index in [-0.39, 0.29) is 5.66 Å². The first-order valence-electron chi connectivity index (χ1n) is 3.67. The second kappa shape index (κ2) is 3.54. The van der Waals surface area contributed by atoms with Crippen LogP contribution in [0.4, 0.5) is 0 Å². The molecule has 0 radical (unpaired) electrons. The molecule has 3 heteroatoms. The molecule has 0 aromatic heterocycles. The van der Waals surface area contributed by atoms with Crippen LogP contribution >= 0.6 is 7.37 Å². The lowest BCUT2D eigenvalue weighted by Crippen LogP contribution is -2.05. The lowest BCUT2D eigenvalue weighted by atomic mass is 10.3. The second-order valence-electron chi connectivity index (χ2n) is 3.43. The van der Waals surface area contributed by atoms with Crippen molar-refractivity contribution in [1.82, 2.24) is 0 Å². The van der Waals surface area contributed by atoms with Crippen LogP contribution in [0.1, 0.15) is 27.7 Å². The predicted octanol–water partition coefficient (Wildman–Crippen LogP) is 2.32. The van der Waals surface area contributed by atoms with E-state index in [9.17, 15) is 9.46 Å². The van der Waals surface area contributed by atoms with Crippen LogP contribution in [-0.4, -0.2) is 16.7 Å². The van der Waals surface area contributed by atoms with Crippen molar-refractivity contribution in [3.05, 3.63) is 0 Å². The zero-order valence-electron chi connectivity index (χ0n) is 7.16. The van der Waals surface area contributed by atoms with Crippen LogP contribution in [-0.2, 0) is 4.57 Å². The van der Waals surface area contributed by atoms with Crippen molar-refractivity contribution in [2.24, 2.45) is 5.92 Å². The molecule has 0 aliphatic rings. The minimum atomic E-state index is -2.82. The summed E-state index contributed by atoms with van der Waals surface area (Å²) in [5.74, 6) is 0.318. The van der Waals surface area contributed by atoms with Crippen LogP contribution in [0.15, 0.2) is 0 Å². The summed E-state index contributed by atoms with van der Waals surface area (Å²) in [6.45, 7) is 7.52. The number of hydrogen-bond donors (Lipinski definition) is 1. The van der Waals surface area contributed by atoms with Crippen molar-refractivity contribution in [2.45, 2.75) is 33.4 Å². The highest BCUT2D eigenvalue weighted by molar-refractivity contribution is 7.58. The van der Waals surface area contributed by atoms with Crippen molar-refractivity contribution in [3.8, 4) is 0 Å². The molecule has 0 aliphatic heterocycles. The van der Waals surface area contributed by atoms with Gasteiger partial charge in [0.1, 0.15) is 0 Å². The van der Waals surface area contributed by atoms with Gasteiger partial charge in [-0.1, -0.05) is 27.7 Å².